The van der Waals surface area contributed by atoms with Crippen LogP contribution in [0.15, 0.2) is 97.1 Å². The second-order valence-corrected chi connectivity index (χ2v) is 16.0. The van der Waals surface area contributed by atoms with Gasteiger partial charge in [-0.1, -0.05) is 147 Å². The van der Waals surface area contributed by atoms with Crippen molar-refractivity contribution < 1.29 is 0 Å². The summed E-state index contributed by atoms with van der Waals surface area (Å²) in [4.78, 5) is 0. The molecule has 0 aliphatic carbocycles. The van der Waals surface area contributed by atoms with E-state index < -0.39 is 18.9 Å². The minimum absolute atomic E-state index is 0.144. The molecule has 0 aromatic heterocycles. The van der Waals surface area contributed by atoms with Crippen LogP contribution >= 0.6 is 7.87 Å². The zero-order valence-electron chi connectivity index (χ0n) is 27.0. The van der Waals surface area contributed by atoms with Crippen molar-refractivity contribution in [2.24, 2.45) is 11.8 Å². The molecule has 224 valence electrons. The summed E-state index contributed by atoms with van der Waals surface area (Å²) in [5, 5.41) is 17.3. The minimum Gasteiger partial charge on any atom is -0.140 e. The van der Waals surface area contributed by atoms with Gasteiger partial charge in [-0.2, -0.15) is 0 Å². The maximum atomic E-state index is 4.36. The van der Waals surface area contributed by atoms with Gasteiger partial charge in [0.1, 0.15) is 11.1 Å². The lowest BCUT2D eigenvalue weighted by Crippen LogP contribution is -2.50. The predicted molar refractivity (Wildman–Crippen MR) is 183 cm³/mol. The number of nitrogens with one attached hydrogen (secondary N) is 4. The van der Waals surface area contributed by atoms with E-state index in [0.717, 1.165) is 0 Å². The lowest BCUT2D eigenvalue weighted by Gasteiger charge is -2.36. The molecule has 0 bridgehead atoms. The fourth-order valence-electron chi connectivity index (χ4n) is 7.35. The molecular weight excluding hydrogens is 543 g/mol. The standard InChI is InChI=1S/C38H48N4P/c1-25(2)35-37(31-17-9-27(5)10-18-31,32-19-11-28(6)12-20-32)41-43(39-35)40-36(26(3)4)38(42-43,33-21-13-29(7)14-22-33)34-23-15-30(8)16-24-34/h9-26,35-36,39-42H,1-8H3/q+1/t35-,36-,43?/m1/s1. The highest BCUT2D eigenvalue weighted by molar-refractivity contribution is 7.69. The monoisotopic (exact) mass is 591 g/mol. The number of aryl methyl sites for hydroxylation is 4. The molecule has 2 atom stereocenters. The number of rotatable bonds is 6. The second-order valence-electron chi connectivity index (χ2n) is 13.7. The van der Waals surface area contributed by atoms with Gasteiger partial charge < -0.3 is 0 Å². The van der Waals surface area contributed by atoms with E-state index in [1.54, 1.807) is 0 Å². The Kier molecular flexibility index (Phi) is 7.90. The third-order valence-corrected chi connectivity index (χ3v) is 12.4. The van der Waals surface area contributed by atoms with Crippen LogP contribution in [0.5, 0.6) is 0 Å². The van der Waals surface area contributed by atoms with Gasteiger partial charge in [0.15, 0.2) is 0 Å². The summed E-state index contributed by atoms with van der Waals surface area (Å²) in [6, 6.07) is 36.9. The van der Waals surface area contributed by atoms with Crippen molar-refractivity contribution in [2.45, 2.75) is 78.6 Å². The zero-order valence-corrected chi connectivity index (χ0v) is 27.9. The lowest BCUT2D eigenvalue weighted by molar-refractivity contribution is 0.325. The normalized spacial score (nSPS) is 22.1. The first-order valence-corrected chi connectivity index (χ1v) is 17.6. The number of benzene rings is 4. The Balaban J connectivity index is 1.58. The third-order valence-electron chi connectivity index (χ3n) is 9.65. The van der Waals surface area contributed by atoms with Crippen LogP contribution < -0.4 is 20.3 Å². The maximum absolute atomic E-state index is 4.36. The molecular formula is C38H48N4P+. The van der Waals surface area contributed by atoms with Gasteiger partial charge in [-0.15, -0.1) is 20.3 Å². The summed E-state index contributed by atoms with van der Waals surface area (Å²) in [5.41, 5.74) is 9.39. The summed E-state index contributed by atoms with van der Waals surface area (Å²) in [5.74, 6) is 0.730. The second kappa shape index (κ2) is 11.3. The highest BCUT2D eigenvalue weighted by Crippen LogP contribution is 2.65. The number of hydrogen-bond acceptors (Lipinski definition) is 4. The smallest absolute Gasteiger partial charge is 0.140 e. The largest absolute Gasteiger partial charge is 0.301 e. The molecule has 43 heavy (non-hydrogen) atoms. The molecule has 2 fully saturated rings. The lowest BCUT2D eigenvalue weighted by atomic mass is 9.74. The Hall–Kier alpha value is -2.85. The highest BCUT2D eigenvalue weighted by atomic mass is 31.2. The molecule has 2 aliphatic rings. The molecule has 1 spiro atoms. The van der Waals surface area contributed by atoms with Crippen LogP contribution in [0.2, 0.25) is 0 Å². The third kappa shape index (κ3) is 5.08. The van der Waals surface area contributed by atoms with Gasteiger partial charge in [0.05, 0.1) is 12.1 Å². The molecule has 2 heterocycles. The van der Waals surface area contributed by atoms with Gasteiger partial charge in [-0.05, 0) is 61.8 Å². The van der Waals surface area contributed by atoms with E-state index in [2.05, 4.69) is 173 Å². The van der Waals surface area contributed by atoms with E-state index in [4.69, 9.17) is 0 Å². The fraction of sp³-hybridized carbons (Fsp3) is 0.368. The molecule has 6 rings (SSSR count). The predicted octanol–water partition coefficient (Wildman–Crippen LogP) is 8.22. The molecule has 4 N–H and O–H groups in total. The highest BCUT2D eigenvalue weighted by Gasteiger charge is 2.71. The molecule has 2 aliphatic heterocycles. The summed E-state index contributed by atoms with van der Waals surface area (Å²) < 4.78 is 0. The molecule has 0 amide bonds. The van der Waals surface area contributed by atoms with E-state index in [9.17, 15) is 0 Å². The van der Waals surface area contributed by atoms with Crippen LogP contribution in [-0.2, 0) is 11.1 Å². The SMILES string of the molecule is Cc1ccc(C2(c3ccc(C)cc3)N[P+]3(N[C@@H]2C(C)C)N[C@H](C(C)C)C(c2ccc(C)cc2)(c2ccc(C)cc2)N3)cc1. The fourth-order valence-corrected chi connectivity index (χ4v) is 11.4. The zero-order chi connectivity index (χ0) is 30.6. The van der Waals surface area contributed by atoms with Crippen molar-refractivity contribution in [3.8, 4) is 0 Å². The van der Waals surface area contributed by atoms with Crippen molar-refractivity contribution >= 4 is 7.87 Å². The van der Waals surface area contributed by atoms with Gasteiger partial charge in [-0.3, -0.25) is 0 Å². The van der Waals surface area contributed by atoms with Crippen molar-refractivity contribution in [1.29, 1.82) is 0 Å². The molecule has 5 heteroatoms. The Labute approximate surface area is 259 Å². The first-order valence-electron chi connectivity index (χ1n) is 15.8. The van der Waals surface area contributed by atoms with Gasteiger partial charge in [0.2, 0.25) is 0 Å². The van der Waals surface area contributed by atoms with E-state index in [1.165, 1.54) is 44.5 Å². The van der Waals surface area contributed by atoms with Gasteiger partial charge in [0.25, 0.3) is 0 Å². The average Bonchev–Trinajstić information content (AvgIpc) is 3.51. The first-order chi connectivity index (χ1) is 20.5. The Morgan fingerprint density at radius 1 is 0.442 bits per heavy atom. The van der Waals surface area contributed by atoms with Crippen LogP contribution in [0.4, 0.5) is 0 Å². The Morgan fingerprint density at radius 3 is 0.884 bits per heavy atom. The maximum Gasteiger partial charge on any atom is 0.301 e. The molecule has 4 nitrogen and oxygen atoms in total. The van der Waals surface area contributed by atoms with E-state index in [-0.39, 0.29) is 12.1 Å². The van der Waals surface area contributed by atoms with Crippen LogP contribution in [0.1, 0.15) is 72.2 Å². The Bertz CT molecular complexity index is 1340. The molecule has 4 aromatic rings. The molecule has 0 saturated carbocycles. The first kappa shape index (κ1) is 30.2. The summed E-state index contributed by atoms with van der Waals surface area (Å²) in [6.45, 7) is 18.1. The van der Waals surface area contributed by atoms with Crippen LogP contribution in [0.3, 0.4) is 0 Å². The quantitative estimate of drug-likeness (QED) is 0.171. The Morgan fingerprint density at radius 2 is 0.674 bits per heavy atom. The van der Waals surface area contributed by atoms with Crippen LogP contribution in [-0.4, -0.2) is 12.1 Å². The summed E-state index contributed by atoms with van der Waals surface area (Å²) in [6.07, 6.45) is 0. The number of hydrogen-bond donors (Lipinski definition) is 4. The van der Waals surface area contributed by atoms with Gasteiger partial charge in [0, 0.05) is 0 Å². The van der Waals surface area contributed by atoms with E-state index >= 15 is 0 Å². The van der Waals surface area contributed by atoms with Crippen LogP contribution in [0.25, 0.3) is 0 Å². The summed E-state index contributed by atoms with van der Waals surface area (Å²) >= 11 is 0. The molecule has 4 aromatic carbocycles. The average molecular weight is 592 g/mol. The van der Waals surface area contributed by atoms with Crippen molar-refractivity contribution in [2.75, 3.05) is 0 Å². The summed E-state index contributed by atoms with van der Waals surface area (Å²) in [7, 11) is -2.37. The van der Waals surface area contributed by atoms with Crippen molar-refractivity contribution in [1.82, 2.24) is 20.3 Å². The molecule has 0 radical (unpaired) electrons. The topological polar surface area (TPSA) is 48.1 Å². The minimum atomic E-state index is -2.37. The van der Waals surface area contributed by atoms with Crippen molar-refractivity contribution in [3.63, 3.8) is 0 Å². The molecule has 0 unspecified atom stereocenters. The van der Waals surface area contributed by atoms with E-state index in [0.29, 0.717) is 11.8 Å². The van der Waals surface area contributed by atoms with Gasteiger partial charge in [-0.25, -0.2) is 0 Å². The molecule has 2 saturated heterocycles. The van der Waals surface area contributed by atoms with Crippen molar-refractivity contribution in [3.05, 3.63) is 142 Å². The van der Waals surface area contributed by atoms with Crippen LogP contribution in [0, 0.1) is 39.5 Å². The van der Waals surface area contributed by atoms with E-state index in [1.807, 2.05) is 0 Å². The van der Waals surface area contributed by atoms with Gasteiger partial charge >= 0.3 is 7.87 Å².